The first-order chi connectivity index (χ1) is 21.6. The van der Waals surface area contributed by atoms with Gasteiger partial charge in [0.15, 0.2) is 0 Å². The summed E-state index contributed by atoms with van der Waals surface area (Å²) in [6.45, 7) is 7.82. The molecule has 2 aromatic heterocycles. The molecule has 0 spiro atoms. The van der Waals surface area contributed by atoms with Crippen molar-refractivity contribution in [3.63, 3.8) is 0 Å². The van der Waals surface area contributed by atoms with Crippen molar-refractivity contribution >= 4 is 45.6 Å². The van der Waals surface area contributed by atoms with Crippen LogP contribution in [0, 0.1) is 11.3 Å². The number of rotatable bonds is 11. The zero-order chi connectivity index (χ0) is 30.3. The van der Waals surface area contributed by atoms with Crippen LogP contribution in [0.4, 0.5) is 11.4 Å². The molecule has 9 heteroatoms. The molecule has 0 aliphatic carbocycles. The van der Waals surface area contributed by atoms with Crippen molar-refractivity contribution in [2.24, 2.45) is 0 Å². The smallest absolute Gasteiger partial charge is 0.134 e. The number of nitrogens with zero attached hydrogens (tertiary/aromatic N) is 3. The maximum Gasteiger partial charge on any atom is 0.134 e. The number of ether oxygens (including phenoxy) is 1. The number of benzene rings is 3. The Hall–Kier alpha value is -3.84. The van der Waals surface area contributed by atoms with E-state index in [2.05, 4.69) is 45.6 Å². The van der Waals surface area contributed by atoms with E-state index in [9.17, 15) is 5.26 Å². The number of pyridine rings is 1. The second-order valence-electron chi connectivity index (χ2n) is 10.8. The summed E-state index contributed by atoms with van der Waals surface area (Å²) in [5.41, 5.74) is 3.63. The number of nitriles is 1. The van der Waals surface area contributed by atoms with E-state index in [-0.39, 0.29) is 6.04 Å². The number of hydrogen-bond donors (Lipinski definition) is 2. The molecule has 1 atom stereocenters. The summed E-state index contributed by atoms with van der Waals surface area (Å²) in [7, 11) is 0. The van der Waals surface area contributed by atoms with E-state index >= 15 is 0 Å². The lowest BCUT2D eigenvalue weighted by Gasteiger charge is -2.26. The van der Waals surface area contributed by atoms with Gasteiger partial charge in [-0.1, -0.05) is 47.6 Å². The van der Waals surface area contributed by atoms with Gasteiger partial charge in [-0.05, 0) is 81.0 Å². The number of halogens is 1. The first-order valence-electron chi connectivity index (χ1n) is 14.8. The molecular formula is C35H34ClN5O2S. The molecule has 0 radical (unpaired) electrons. The van der Waals surface area contributed by atoms with Gasteiger partial charge in [0.2, 0.25) is 0 Å². The number of morpholine rings is 1. The van der Waals surface area contributed by atoms with Gasteiger partial charge in [-0.2, -0.15) is 5.26 Å². The van der Waals surface area contributed by atoms with Crippen LogP contribution in [0.1, 0.15) is 30.7 Å². The molecule has 0 amide bonds. The van der Waals surface area contributed by atoms with Crippen molar-refractivity contribution in [1.82, 2.24) is 15.2 Å². The molecule has 6 rings (SSSR count). The van der Waals surface area contributed by atoms with Crippen LogP contribution < -0.4 is 10.6 Å². The molecule has 1 saturated heterocycles. The lowest BCUT2D eigenvalue weighted by atomic mass is 10.1. The Bertz CT molecular complexity index is 1760. The summed E-state index contributed by atoms with van der Waals surface area (Å²) >= 11 is 8.27. The molecule has 3 heterocycles. The van der Waals surface area contributed by atoms with E-state index in [0.29, 0.717) is 16.3 Å². The first-order valence-corrected chi connectivity index (χ1v) is 16.0. The van der Waals surface area contributed by atoms with Crippen LogP contribution in [0.15, 0.2) is 99.3 Å². The number of hydrogen-bond acceptors (Lipinski definition) is 8. The van der Waals surface area contributed by atoms with E-state index in [1.54, 1.807) is 18.0 Å². The van der Waals surface area contributed by atoms with Crippen LogP contribution in [0.25, 0.3) is 22.2 Å². The van der Waals surface area contributed by atoms with E-state index in [1.165, 1.54) is 0 Å². The fourth-order valence-electron chi connectivity index (χ4n) is 5.27. The Labute approximate surface area is 267 Å². The number of aromatic nitrogens is 1. The third-order valence-electron chi connectivity index (χ3n) is 7.71. The molecule has 3 aromatic carbocycles. The van der Waals surface area contributed by atoms with Crippen molar-refractivity contribution in [1.29, 1.82) is 5.26 Å². The average Bonchev–Trinajstić information content (AvgIpc) is 3.56. The normalized spacial score (nSPS) is 14.4. The van der Waals surface area contributed by atoms with Crippen LogP contribution in [-0.2, 0) is 4.74 Å². The molecule has 0 bridgehead atoms. The lowest BCUT2D eigenvalue weighted by Crippen LogP contribution is -2.37. The summed E-state index contributed by atoms with van der Waals surface area (Å²) in [6.07, 6.45) is 2.68. The fraction of sp³-hybridized carbons (Fsp3) is 0.257. The zero-order valence-corrected chi connectivity index (χ0v) is 26.1. The summed E-state index contributed by atoms with van der Waals surface area (Å²) in [4.78, 5) is 9.12. The summed E-state index contributed by atoms with van der Waals surface area (Å²) in [5.74, 6) is 1.68. The highest BCUT2D eigenvalue weighted by atomic mass is 35.5. The zero-order valence-electron chi connectivity index (χ0n) is 24.6. The minimum atomic E-state index is 0.102. The summed E-state index contributed by atoms with van der Waals surface area (Å²) in [6, 6.07) is 28.4. The minimum absolute atomic E-state index is 0.102. The molecular weight excluding hydrogens is 590 g/mol. The Morgan fingerprint density at radius 1 is 1.05 bits per heavy atom. The van der Waals surface area contributed by atoms with Crippen molar-refractivity contribution in [3.05, 3.63) is 101 Å². The molecule has 44 heavy (non-hydrogen) atoms. The van der Waals surface area contributed by atoms with E-state index < -0.39 is 0 Å². The monoisotopic (exact) mass is 623 g/mol. The van der Waals surface area contributed by atoms with Gasteiger partial charge in [-0.15, -0.1) is 0 Å². The Balaban J connectivity index is 1.15. The van der Waals surface area contributed by atoms with Gasteiger partial charge >= 0.3 is 0 Å². The first kappa shape index (κ1) is 30.2. The fourth-order valence-corrected chi connectivity index (χ4v) is 6.41. The van der Waals surface area contributed by atoms with Crippen LogP contribution in [-0.4, -0.2) is 49.3 Å². The average molecular weight is 624 g/mol. The van der Waals surface area contributed by atoms with Gasteiger partial charge < -0.3 is 19.8 Å². The summed E-state index contributed by atoms with van der Waals surface area (Å²) < 4.78 is 11.7. The number of furan rings is 1. The van der Waals surface area contributed by atoms with Crippen LogP contribution in [0.2, 0.25) is 5.02 Å². The van der Waals surface area contributed by atoms with Crippen molar-refractivity contribution in [2.45, 2.75) is 29.2 Å². The molecule has 1 unspecified atom stereocenters. The van der Waals surface area contributed by atoms with Crippen LogP contribution in [0.3, 0.4) is 0 Å². The maximum absolute atomic E-state index is 9.86. The molecule has 1 aliphatic rings. The maximum atomic E-state index is 9.86. The van der Waals surface area contributed by atoms with Gasteiger partial charge in [0.25, 0.3) is 0 Å². The Kier molecular flexibility index (Phi) is 9.81. The molecule has 224 valence electrons. The number of anilines is 2. The second-order valence-corrected chi connectivity index (χ2v) is 12.3. The summed E-state index contributed by atoms with van der Waals surface area (Å²) in [5, 5.41) is 18.3. The van der Waals surface area contributed by atoms with Gasteiger partial charge in [-0.3, -0.25) is 9.88 Å². The molecule has 7 nitrogen and oxygen atoms in total. The SMILES string of the molecule is CC(NCCCN1CCOCC1)c1ccc(-c2ccc3c(Nc4ccc(Sc5ccccc5)c(Cl)c4)c(C#N)cnc3c2)o1. The van der Waals surface area contributed by atoms with Crippen LogP contribution in [0.5, 0.6) is 0 Å². The van der Waals surface area contributed by atoms with E-state index in [4.69, 9.17) is 20.8 Å². The second kappa shape index (κ2) is 14.3. The molecule has 1 fully saturated rings. The molecule has 0 saturated carbocycles. The standard InChI is InChI=1S/C35H34ClN5O2S/c1-24(38-14-5-15-41-16-18-42-19-17-41)32-11-12-33(43-32)25-8-10-29-31(20-25)39-23-26(22-37)35(29)40-27-9-13-34(30(36)21-27)44-28-6-3-2-4-7-28/h2-4,6-13,20-21,23-24,38H,5,14-19H2,1H3,(H,39,40). The Morgan fingerprint density at radius 2 is 1.89 bits per heavy atom. The van der Waals surface area contributed by atoms with Crippen molar-refractivity contribution < 1.29 is 9.15 Å². The molecule has 2 N–H and O–H groups in total. The predicted molar refractivity (Wildman–Crippen MR) is 178 cm³/mol. The lowest BCUT2D eigenvalue weighted by molar-refractivity contribution is 0.0374. The molecule has 5 aromatic rings. The van der Waals surface area contributed by atoms with Gasteiger partial charge in [-0.25, -0.2) is 0 Å². The highest BCUT2D eigenvalue weighted by Gasteiger charge is 2.16. The molecule has 1 aliphatic heterocycles. The van der Waals surface area contributed by atoms with Crippen molar-refractivity contribution in [2.75, 3.05) is 44.7 Å². The van der Waals surface area contributed by atoms with Gasteiger partial charge in [0.1, 0.15) is 17.6 Å². The topological polar surface area (TPSA) is 86.4 Å². The third-order valence-corrected chi connectivity index (χ3v) is 9.21. The highest BCUT2D eigenvalue weighted by Crippen LogP contribution is 2.37. The Morgan fingerprint density at radius 3 is 2.68 bits per heavy atom. The number of fused-ring (bicyclic) bond motifs is 1. The van der Waals surface area contributed by atoms with E-state index in [0.717, 1.165) is 89.3 Å². The minimum Gasteiger partial charge on any atom is -0.459 e. The predicted octanol–water partition coefficient (Wildman–Crippen LogP) is 8.29. The largest absolute Gasteiger partial charge is 0.459 e. The third kappa shape index (κ3) is 7.27. The van der Waals surface area contributed by atoms with Gasteiger partial charge in [0.05, 0.1) is 41.0 Å². The van der Waals surface area contributed by atoms with Crippen molar-refractivity contribution in [3.8, 4) is 17.4 Å². The quantitative estimate of drug-likeness (QED) is 0.142. The van der Waals surface area contributed by atoms with E-state index in [1.807, 2.05) is 66.7 Å². The van der Waals surface area contributed by atoms with Crippen LogP contribution >= 0.6 is 23.4 Å². The van der Waals surface area contributed by atoms with Gasteiger partial charge in [0, 0.05) is 45.7 Å². The highest BCUT2D eigenvalue weighted by molar-refractivity contribution is 7.99. The number of nitrogens with one attached hydrogen (secondary N) is 2.